The lowest BCUT2D eigenvalue weighted by molar-refractivity contribution is -0.138. The molecule has 1 aliphatic rings. The van der Waals surface area contributed by atoms with Crippen LogP contribution in [0.2, 0.25) is 0 Å². The van der Waals surface area contributed by atoms with Gasteiger partial charge < -0.3 is 15.7 Å². The van der Waals surface area contributed by atoms with Gasteiger partial charge in [-0.25, -0.2) is 13.4 Å². The number of aryl methyl sites for hydroxylation is 6. The number of nitrogens with zero attached hydrogens (tertiary/aromatic N) is 3. The summed E-state index contributed by atoms with van der Waals surface area (Å²) in [5.41, 5.74) is 4.29. The van der Waals surface area contributed by atoms with E-state index in [-0.39, 0.29) is 10.5 Å². The van der Waals surface area contributed by atoms with Crippen molar-refractivity contribution >= 4 is 27.7 Å². The predicted octanol–water partition coefficient (Wildman–Crippen LogP) is 1.97. The van der Waals surface area contributed by atoms with Gasteiger partial charge in [0.15, 0.2) is 0 Å². The Bertz CT molecular complexity index is 1440. The van der Waals surface area contributed by atoms with Crippen molar-refractivity contribution in [2.75, 3.05) is 18.4 Å². The lowest BCUT2D eigenvalue weighted by Gasteiger charge is -2.18. The molecule has 0 aliphatic carbocycles. The van der Waals surface area contributed by atoms with Crippen LogP contribution in [0.3, 0.4) is 0 Å². The van der Waals surface area contributed by atoms with Crippen LogP contribution in [-0.4, -0.2) is 59.3 Å². The molecule has 0 saturated heterocycles. The van der Waals surface area contributed by atoms with Gasteiger partial charge in [0.25, 0.3) is 5.91 Å². The Morgan fingerprint density at radius 3 is 2.63 bits per heavy atom. The zero-order chi connectivity index (χ0) is 27.4. The van der Waals surface area contributed by atoms with Crippen LogP contribution in [0.25, 0.3) is 0 Å². The Morgan fingerprint density at radius 2 is 1.92 bits per heavy atom. The molecule has 4 N–H and O–H groups in total. The van der Waals surface area contributed by atoms with Gasteiger partial charge in [-0.15, -0.1) is 0 Å². The third-order valence-electron chi connectivity index (χ3n) is 6.38. The first kappa shape index (κ1) is 27.3. The molecule has 202 valence electrons. The summed E-state index contributed by atoms with van der Waals surface area (Å²) >= 11 is 0. The van der Waals surface area contributed by atoms with Crippen LogP contribution in [-0.2, 0) is 34.2 Å². The molecule has 0 fully saturated rings. The number of aliphatic carboxylic acids is 1. The molecule has 4 rings (SSSR count). The molecule has 3 heterocycles. The van der Waals surface area contributed by atoms with Crippen molar-refractivity contribution in [2.45, 2.75) is 57.5 Å². The van der Waals surface area contributed by atoms with E-state index in [0.717, 1.165) is 36.5 Å². The highest BCUT2D eigenvalue weighted by atomic mass is 32.2. The standard InChI is InChI=1S/C26H32N6O5S/c1-16-11-17(2)23(18(3)12-16)38(36,37)31-22(26(34)35)14-28-25(33)20-13-29-32(15-20)10-8-21-7-6-19-5-4-9-27-24(19)30-21/h6-7,11-13,15,22,31H,4-5,8-10,14H2,1-3H3,(H,27,30)(H,28,33)(H,34,35). The number of fused-ring (bicyclic) bond motifs is 1. The molecule has 0 radical (unpaired) electrons. The smallest absolute Gasteiger partial charge is 0.323 e. The largest absolute Gasteiger partial charge is 0.480 e. The summed E-state index contributed by atoms with van der Waals surface area (Å²) in [6, 6.07) is 5.96. The van der Waals surface area contributed by atoms with Crippen LogP contribution in [0.5, 0.6) is 0 Å². The summed E-state index contributed by atoms with van der Waals surface area (Å²) < 4.78 is 29.8. The maximum Gasteiger partial charge on any atom is 0.323 e. The van der Waals surface area contributed by atoms with Crippen molar-refractivity contribution in [2.24, 2.45) is 0 Å². The highest BCUT2D eigenvalue weighted by molar-refractivity contribution is 7.89. The van der Waals surface area contributed by atoms with E-state index >= 15 is 0 Å². The number of nitrogens with one attached hydrogen (secondary N) is 3. The molecule has 38 heavy (non-hydrogen) atoms. The van der Waals surface area contributed by atoms with Crippen molar-refractivity contribution < 1.29 is 23.1 Å². The molecular formula is C26H32N6O5S. The van der Waals surface area contributed by atoms with Gasteiger partial charge in [-0.05, 0) is 56.4 Å². The van der Waals surface area contributed by atoms with Crippen LogP contribution >= 0.6 is 0 Å². The summed E-state index contributed by atoms with van der Waals surface area (Å²) in [7, 11) is -4.14. The maximum atomic E-state index is 13.0. The van der Waals surface area contributed by atoms with E-state index < -0.39 is 34.5 Å². The van der Waals surface area contributed by atoms with Gasteiger partial charge in [-0.2, -0.15) is 9.82 Å². The minimum Gasteiger partial charge on any atom is -0.480 e. The molecule has 0 saturated carbocycles. The van der Waals surface area contributed by atoms with Gasteiger partial charge in [0, 0.05) is 37.9 Å². The predicted molar refractivity (Wildman–Crippen MR) is 142 cm³/mol. The SMILES string of the molecule is Cc1cc(C)c(S(=O)(=O)NC(CNC(=O)c2cnn(CCc3ccc4c(n3)NCCC4)c2)C(=O)O)c(C)c1. The average Bonchev–Trinajstić information content (AvgIpc) is 3.33. The molecule has 1 amide bonds. The second-order valence-electron chi connectivity index (χ2n) is 9.53. The number of carboxylic acid groups (broad SMARTS) is 1. The van der Waals surface area contributed by atoms with Crippen LogP contribution in [0.4, 0.5) is 5.82 Å². The minimum absolute atomic E-state index is 0.0335. The second-order valence-corrected chi connectivity index (χ2v) is 11.2. The minimum atomic E-state index is -4.14. The summed E-state index contributed by atoms with van der Waals surface area (Å²) in [5, 5.41) is 19.6. The average molecular weight is 541 g/mol. The molecule has 1 atom stereocenters. The van der Waals surface area contributed by atoms with Crippen molar-refractivity contribution in [1.29, 1.82) is 0 Å². The molecule has 11 nitrogen and oxygen atoms in total. The normalized spacial score (nSPS) is 13.9. The number of benzene rings is 1. The lowest BCUT2D eigenvalue weighted by Crippen LogP contribution is -2.48. The fraction of sp³-hybridized carbons (Fsp3) is 0.385. The van der Waals surface area contributed by atoms with Gasteiger partial charge in [-0.3, -0.25) is 14.3 Å². The van der Waals surface area contributed by atoms with E-state index in [9.17, 15) is 23.1 Å². The number of carboxylic acids is 1. The van der Waals surface area contributed by atoms with E-state index in [2.05, 4.69) is 31.5 Å². The number of aromatic nitrogens is 3. The first-order valence-corrected chi connectivity index (χ1v) is 13.9. The van der Waals surface area contributed by atoms with Gasteiger partial charge in [0.1, 0.15) is 11.9 Å². The number of hydrogen-bond donors (Lipinski definition) is 4. The Balaban J connectivity index is 1.35. The Labute approximate surface area is 221 Å². The quantitative estimate of drug-likeness (QED) is 0.304. The molecule has 12 heteroatoms. The molecule has 0 bridgehead atoms. The third-order valence-corrected chi connectivity index (χ3v) is 8.16. The van der Waals surface area contributed by atoms with E-state index in [4.69, 9.17) is 0 Å². The number of pyridine rings is 1. The fourth-order valence-electron chi connectivity index (χ4n) is 4.65. The Hall–Kier alpha value is -3.77. The van der Waals surface area contributed by atoms with Gasteiger partial charge in [0.2, 0.25) is 10.0 Å². The molecule has 3 aromatic rings. The number of carbonyl (C=O) groups excluding carboxylic acids is 1. The summed E-state index contributed by atoms with van der Waals surface area (Å²) in [5.74, 6) is -1.04. The summed E-state index contributed by atoms with van der Waals surface area (Å²) in [6.45, 7) is 6.14. The topological polar surface area (TPSA) is 155 Å². The number of amides is 1. The molecular weight excluding hydrogens is 508 g/mol. The first-order valence-electron chi connectivity index (χ1n) is 12.4. The molecule has 1 aliphatic heterocycles. The molecule has 0 spiro atoms. The lowest BCUT2D eigenvalue weighted by atomic mass is 10.1. The van der Waals surface area contributed by atoms with Crippen molar-refractivity contribution in [3.05, 3.63) is 70.2 Å². The number of sulfonamides is 1. The number of rotatable bonds is 10. The van der Waals surface area contributed by atoms with E-state index in [1.54, 1.807) is 36.9 Å². The summed E-state index contributed by atoms with van der Waals surface area (Å²) in [6.07, 6.45) is 5.68. The van der Waals surface area contributed by atoms with Gasteiger partial charge in [0.05, 0.1) is 16.7 Å². The number of carbonyl (C=O) groups is 2. The second kappa shape index (κ2) is 11.3. The van der Waals surface area contributed by atoms with Crippen LogP contribution in [0.1, 0.15) is 44.7 Å². The zero-order valence-electron chi connectivity index (χ0n) is 21.6. The highest BCUT2D eigenvalue weighted by Crippen LogP contribution is 2.22. The van der Waals surface area contributed by atoms with Crippen molar-refractivity contribution in [3.63, 3.8) is 0 Å². The number of anilines is 1. The molecule has 1 aromatic carbocycles. The molecule has 1 unspecified atom stereocenters. The summed E-state index contributed by atoms with van der Waals surface area (Å²) in [4.78, 5) is 29.1. The van der Waals surface area contributed by atoms with Gasteiger partial charge >= 0.3 is 5.97 Å². The van der Waals surface area contributed by atoms with Crippen LogP contribution < -0.4 is 15.4 Å². The van der Waals surface area contributed by atoms with Crippen molar-refractivity contribution in [3.8, 4) is 0 Å². The van der Waals surface area contributed by atoms with Gasteiger partial charge in [-0.1, -0.05) is 23.8 Å². The Morgan fingerprint density at radius 1 is 1.18 bits per heavy atom. The van der Waals surface area contributed by atoms with Crippen LogP contribution in [0, 0.1) is 20.8 Å². The molecule has 2 aromatic heterocycles. The van der Waals surface area contributed by atoms with Crippen molar-refractivity contribution in [1.82, 2.24) is 24.8 Å². The number of hydrogen-bond acceptors (Lipinski definition) is 7. The Kier molecular flexibility index (Phi) is 8.12. The van der Waals surface area contributed by atoms with E-state index in [0.29, 0.717) is 24.1 Å². The third kappa shape index (κ3) is 6.37. The zero-order valence-corrected chi connectivity index (χ0v) is 22.4. The monoisotopic (exact) mass is 540 g/mol. The van der Waals surface area contributed by atoms with E-state index in [1.807, 2.05) is 13.0 Å². The first-order chi connectivity index (χ1) is 18.0. The highest BCUT2D eigenvalue weighted by Gasteiger charge is 2.28. The van der Waals surface area contributed by atoms with E-state index in [1.165, 1.54) is 11.8 Å². The fourth-order valence-corrected chi connectivity index (χ4v) is 6.30. The maximum absolute atomic E-state index is 13.0. The van der Waals surface area contributed by atoms with Crippen LogP contribution in [0.15, 0.2) is 41.6 Å².